The van der Waals surface area contributed by atoms with Crippen molar-refractivity contribution in [1.29, 1.82) is 5.26 Å². The molecule has 0 bridgehead atoms. The second kappa shape index (κ2) is 9.54. The molecule has 9 heteroatoms. The number of fused-ring (bicyclic) bond motifs is 3. The van der Waals surface area contributed by atoms with Crippen molar-refractivity contribution in [2.45, 2.75) is 37.3 Å². The molecule has 0 atom stereocenters. The summed E-state index contributed by atoms with van der Waals surface area (Å²) in [4.78, 5) is 32.6. The molecule has 1 amide bonds. The third kappa shape index (κ3) is 4.45. The van der Waals surface area contributed by atoms with Crippen LogP contribution in [0.25, 0.3) is 15.9 Å². The first-order chi connectivity index (χ1) is 15.1. The quantitative estimate of drug-likeness (QED) is 0.265. The first-order valence-electron chi connectivity index (χ1n) is 10.1. The van der Waals surface area contributed by atoms with Crippen molar-refractivity contribution in [3.8, 4) is 17.5 Å². The number of nitrogens with zero attached hydrogens (tertiary/aromatic N) is 3. The molecule has 31 heavy (non-hydrogen) atoms. The second-order valence-electron chi connectivity index (χ2n) is 7.20. The Morgan fingerprint density at radius 3 is 3.00 bits per heavy atom. The molecule has 0 fully saturated rings. The van der Waals surface area contributed by atoms with E-state index in [2.05, 4.69) is 5.32 Å². The summed E-state index contributed by atoms with van der Waals surface area (Å²) in [7, 11) is 1.58. The van der Waals surface area contributed by atoms with Gasteiger partial charge in [-0.1, -0.05) is 24.2 Å². The van der Waals surface area contributed by atoms with Crippen molar-refractivity contribution >= 4 is 39.2 Å². The number of ether oxygens (including phenoxy) is 1. The van der Waals surface area contributed by atoms with Gasteiger partial charge in [0.15, 0.2) is 5.16 Å². The maximum Gasteiger partial charge on any atom is 0.267 e. The summed E-state index contributed by atoms with van der Waals surface area (Å²) in [6.45, 7) is -0.0494. The van der Waals surface area contributed by atoms with E-state index in [1.165, 1.54) is 23.1 Å². The van der Waals surface area contributed by atoms with Gasteiger partial charge in [-0.3, -0.25) is 14.2 Å². The Hall–Kier alpha value is -2.83. The number of thiophene rings is 1. The van der Waals surface area contributed by atoms with Crippen LogP contribution < -0.4 is 15.6 Å². The summed E-state index contributed by atoms with van der Waals surface area (Å²) in [6, 6.07) is 9.16. The number of hydrogen-bond donors (Lipinski definition) is 1. The number of amides is 1. The van der Waals surface area contributed by atoms with E-state index in [0.717, 1.165) is 36.1 Å². The molecule has 2 aromatic heterocycles. The molecule has 1 aliphatic carbocycles. The SMILES string of the molecule is COc1cccc(-n2c(SCC(=O)NCC#N)nc3sc4c(c3c2=O)CCCCC4)c1. The largest absolute Gasteiger partial charge is 0.497 e. The molecule has 3 aromatic rings. The molecule has 2 heterocycles. The number of aromatic nitrogens is 2. The fraction of sp³-hybridized carbons (Fsp3) is 0.364. The van der Waals surface area contributed by atoms with Crippen molar-refractivity contribution in [2.75, 3.05) is 19.4 Å². The van der Waals surface area contributed by atoms with Crippen LogP contribution in [0.5, 0.6) is 5.75 Å². The van der Waals surface area contributed by atoms with Crippen LogP contribution in [0.4, 0.5) is 0 Å². The Bertz CT molecular complexity index is 1230. The van der Waals surface area contributed by atoms with Gasteiger partial charge in [0, 0.05) is 10.9 Å². The lowest BCUT2D eigenvalue weighted by molar-refractivity contribution is -0.118. The lowest BCUT2D eigenvalue weighted by atomic mass is 10.1. The Morgan fingerprint density at radius 2 is 2.19 bits per heavy atom. The first kappa shape index (κ1) is 21.4. The Kier molecular flexibility index (Phi) is 6.59. The van der Waals surface area contributed by atoms with Crippen LogP contribution in [0.3, 0.4) is 0 Å². The predicted octanol–water partition coefficient (Wildman–Crippen LogP) is 3.46. The normalized spacial score (nSPS) is 13.3. The first-order valence-corrected chi connectivity index (χ1v) is 11.9. The van der Waals surface area contributed by atoms with Gasteiger partial charge >= 0.3 is 0 Å². The number of nitriles is 1. The van der Waals surface area contributed by atoms with Crippen molar-refractivity contribution in [3.63, 3.8) is 0 Å². The third-order valence-electron chi connectivity index (χ3n) is 5.22. The van der Waals surface area contributed by atoms with Crippen LogP contribution in [0.2, 0.25) is 0 Å². The highest BCUT2D eigenvalue weighted by Crippen LogP contribution is 2.34. The van der Waals surface area contributed by atoms with Gasteiger partial charge in [0.1, 0.15) is 17.1 Å². The van der Waals surface area contributed by atoms with Gasteiger partial charge in [0.25, 0.3) is 5.56 Å². The zero-order chi connectivity index (χ0) is 21.8. The van der Waals surface area contributed by atoms with E-state index in [9.17, 15) is 9.59 Å². The number of thioether (sulfide) groups is 1. The Balaban J connectivity index is 1.85. The number of aryl methyl sites for hydroxylation is 2. The highest BCUT2D eigenvalue weighted by molar-refractivity contribution is 7.99. The van der Waals surface area contributed by atoms with Gasteiger partial charge in [0.2, 0.25) is 5.91 Å². The summed E-state index contributed by atoms with van der Waals surface area (Å²) in [5.74, 6) is 0.422. The van der Waals surface area contributed by atoms with Gasteiger partial charge in [-0.05, 0) is 43.4 Å². The van der Waals surface area contributed by atoms with E-state index < -0.39 is 0 Å². The lowest BCUT2D eigenvalue weighted by Gasteiger charge is -2.13. The highest BCUT2D eigenvalue weighted by Gasteiger charge is 2.22. The number of rotatable bonds is 6. The van der Waals surface area contributed by atoms with Gasteiger partial charge in [-0.15, -0.1) is 11.3 Å². The average Bonchev–Trinajstić information content (AvgIpc) is 2.97. The number of methoxy groups -OCH3 is 1. The van der Waals surface area contributed by atoms with Gasteiger partial charge in [0.05, 0.1) is 30.0 Å². The van der Waals surface area contributed by atoms with E-state index in [-0.39, 0.29) is 23.8 Å². The summed E-state index contributed by atoms with van der Waals surface area (Å²) >= 11 is 2.78. The minimum atomic E-state index is -0.278. The summed E-state index contributed by atoms with van der Waals surface area (Å²) in [5, 5.41) is 12.3. The van der Waals surface area contributed by atoms with Crippen molar-refractivity contribution in [1.82, 2.24) is 14.9 Å². The fourth-order valence-corrected chi connectivity index (χ4v) is 5.90. The molecule has 1 aromatic carbocycles. The van der Waals surface area contributed by atoms with Crippen LogP contribution >= 0.6 is 23.1 Å². The highest BCUT2D eigenvalue weighted by atomic mass is 32.2. The maximum atomic E-state index is 13.7. The average molecular weight is 455 g/mol. The topological polar surface area (TPSA) is 97.0 Å². The van der Waals surface area contributed by atoms with Gasteiger partial charge in [-0.2, -0.15) is 5.26 Å². The van der Waals surface area contributed by atoms with Crippen molar-refractivity contribution < 1.29 is 9.53 Å². The zero-order valence-corrected chi connectivity index (χ0v) is 18.8. The molecule has 0 spiro atoms. The minimum Gasteiger partial charge on any atom is -0.497 e. The third-order valence-corrected chi connectivity index (χ3v) is 7.34. The van der Waals surface area contributed by atoms with Crippen LogP contribution in [0.15, 0.2) is 34.2 Å². The molecule has 1 aliphatic rings. The van der Waals surface area contributed by atoms with Crippen LogP contribution in [-0.2, 0) is 17.6 Å². The number of benzene rings is 1. The van der Waals surface area contributed by atoms with Crippen molar-refractivity contribution in [3.05, 3.63) is 45.1 Å². The molecule has 0 aliphatic heterocycles. The molecule has 0 radical (unpaired) electrons. The smallest absolute Gasteiger partial charge is 0.267 e. The van der Waals surface area contributed by atoms with Crippen LogP contribution in [0, 0.1) is 11.3 Å². The van der Waals surface area contributed by atoms with E-state index in [0.29, 0.717) is 22.0 Å². The van der Waals surface area contributed by atoms with Crippen LogP contribution in [-0.4, -0.2) is 34.9 Å². The monoisotopic (exact) mass is 454 g/mol. The zero-order valence-electron chi connectivity index (χ0n) is 17.1. The number of nitrogens with one attached hydrogen (secondary N) is 1. The van der Waals surface area contributed by atoms with E-state index in [1.54, 1.807) is 29.1 Å². The van der Waals surface area contributed by atoms with E-state index in [1.807, 2.05) is 24.3 Å². The molecular formula is C22H22N4O3S2. The standard InChI is InChI=1S/C22H22N4O3S2/c1-29-15-7-5-6-14(12-15)26-21(28)19-16-8-3-2-4-9-17(16)31-20(19)25-22(26)30-13-18(27)24-11-10-23/h5-7,12H,2-4,8-9,11,13H2,1H3,(H,24,27). The molecule has 0 saturated heterocycles. The predicted molar refractivity (Wildman–Crippen MR) is 122 cm³/mol. The van der Waals surface area contributed by atoms with E-state index >= 15 is 0 Å². The van der Waals surface area contributed by atoms with Gasteiger partial charge in [-0.25, -0.2) is 4.98 Å². The second-order valence-corrected chi connectivity index (χ2v) is 9.23. The van der Waals surface area contributed by atoms with Crippen LogP contribution in [0.1, 0.15) is 29.7 Å². The molecule has 7 nitrogen and oxygen atoms in total. The molecule has 4 rings (SSSR count). The Morgan fingerprint density at radius 1 is 1.35 bits per heavy atom. The molecule has 1 N–H and O–H groups in total. The molecule has 0 unspecified atom stereocenters. The summed E-state index contributed by atoms with van der Waals surface area (Å²) < 4.78 is 6.92. The maximum absolute atomic E-state index is 13.7. The van der Waals surface area contributed by atoms with Crippen molar-refractivity contribution in [2.24, 2.45) is 0 Å². The number of carbonyl (C=O) groups is 1. The number of carbonyl (C=O) groups excluding carboxylic acids is 1. The molecule has 0 saturated carbocycles. The summed E-state index contributed by atoms with van der Waals surface area (Å²) in [6.07, 6.45) is 5.26. The summed E-state index contributed by atoms with van der Waals surface area (Å²) in [5.41, 5.74) is 1.67. The minimum absolute atomic E-state index is 0.0494. The number of hydrogen-bond acceptors (Lipinski definition) is 7. The van der Waals surface area contributed by atoms with Gasteiger partial charge < -0.3 is 10.1 Å². The molecule has 160 valence electrons. The lowest BCUT2D eigenvalue weighted by Crippen LogP contribution is -2.26. The Labute approximate surface area is 188 Å². The fourth-order valence-electron chi connectivity index (χ4n) is 3.76. The van der Waals surface area contributed by atoms with E-state index in [4.69, 9.17) is 15.0 Å². The molecular weight excluding hydrogens is 432 g/mol.